The molecule has 2 N–H and O–H groups in total. The number of aliphatic hydroxyl groups excluding tert-OH is 1. The molecule has 1 atom stereocenters. The van der Waals surface area contributed by atoms with Crippen LogP contribution >= 0.6 is 0 Å². The first-order valence-corrected chi connectivity index (χ1v) is 7.83. The standard InChI is InChI=1S/C19H23NO2/c1-20-13-11-19(22,12-14-20)17-10-6-5-9-16(17)18(21)15-7-3-2-4-8-15/h2-10,18,21-22H,11-14H2,1H3/t18-/m1/s1. The van der Waals surface area contributed by atoms with Crippen molar-refractivity contribution in [1.82, 2.24) is 4.90 Å². The highest BCUT2D eigenvalue weighted by Crippen LogP contribution is 2.37. The van der Waals surface area contributed by atoms with E-state index in [2.05, 4.69) is 11.9 Å². The molecule has 0 bridgehead atoms. The third-order valence-corrected chi connectivity index (χ3v) is 4.69. The number of nitrogens with zero attached hydrogens (tertiary/aromatic N) is 1. The first-order valence-electron chi connectivity index (χ1n) is 7.83. The van der Waals surface area contributed by atoms with Gasteiger partial charge >= 0.3 is 0 Å². The lowest BCUT2D eigenvalue weighted by molar-refractivity contribution is -0.0222. The van der Waals surface area contributed by atoms with Crippen molar-refractivity contribution in [2.45, 2.75) is 24.5 Å². The van der Waals surface area contributed by atoms with E-state index < -0.39 is 11.7 Å². The van der Waals surface area contributed by atoms with Gasteiger partial charge in [-0.3, -0.25) is 0 Å². The molecule has 1 heterocycles. The quantitative estimate of drug-likeness (QED) is 0.915. The van der Waals surface area contributed by atoms with Crippen LogP contribution in [-0.4, -0.2) is 35.3 Å². The Kier molecular flexibility index (Phi) is 4.30. The molecular formula is C19H23NO2. The maximum Gasteiger partial charge on any atom is 0.104 e. The fraction of sp³-hybridized carbons (Fsp3) is 0.368. The van der Waals surface area contributed by atoms with Gasteiger partial charge < -0.3 is 15.1 Å². The lowest BCUT2D eigenvalue weighted by Crippen LogP contribution is -2.41. The summed E-state index contributed by atoms with van der Waals surface area (Å²) in [5, 5.41) is 21.8. The molecule has 1 aliphatic heterocycles. The van der Waals surface area contributed by atoms with Gasteiger partial charge in [-0.25, -0.2) is 0 Å². The topological polar surface area (TPSA) is 43.7 Å². The van der Waals surface area contributed by atoms with Crippen LogP contribution in [0.3, 0.4) is 0 Å². The van der Waals surface area contributed by atoms with E-state index >= 15 is 0 Å². The molecule has 1 saturated heterocycles. The molecule has 3 nitrogen and oxygen atoms in total. The summed E-state index contributed by atoms with van der Waals surface area (Å²) in [6.45, 7) is 1.73. The second-order valence-electron chi connectivity index (χ2n) is 6.24. The first kappa shape index (κ1) is 15.2. The van der Waals surface area contributed by atoms with Crippen molar-refractivity contribution in [2.24, 2.45) is 0 Å². The maximum absolute atomic E-state index is 11.1. The van der Waals surface area contributed by atoms with Gasteiger partial charge in [0, 0.05) is 13.1 Å². The molecular weight excluding hydrogens is 274 g/mol. The Bertz CT molecular complexity index is 618. The summed E-state index contributed by atoms with van der Waals surface area (Å²) in [7, 11) is 2.07. The zero-order valence-electron chi connectivity index (χ0n) is 12.9. The molecule has 0 aromatic heterocycles. The van der Waals surface area contributed by atoms with Gasteiger partial charge in [-0.2, -0.15) is 0 Å². The molecule has 0 amide bonds. The van der Waals surface area contributed by atoms with E-state index in [0.717, 1.165) is 29.8 Å². The summed E-state index contributed by atoms with van der Waals surface area (Å²) in [6, 6.07) is 17.3. The van der Waals surface area contributed by atoms with E-state index in [1.54, 1.807) is 0 Å². The highest BCUT2D eigenvalue weighted by atomic mass is 16.3. The van der Waals surface area contributed by atoms with Crippen LogP contribution in [-0.2, 0) is 5.60 Å². The van der Waals surface area contributed by atoms with Crippen LogP contribution in [0.1, 0.15) is 35.6 Å². The fourth-order valence-corrected chi connectivity index (χ4v) is 3.23. The number of aliphatic hydroxyl groups is 2. The summed E-state index contributed by atoms with van der Waals surface area (Å²) in [4.78, 5) is 2.23. The molecule has 0 spiro atoms. The Balaban J connectivity index is 1.97. The van der Waals surface area contributed by atoms with Crippen molar-refractivity contribution < 1.29 is 10.2 Å². The average Bonchev–Trinajstić information content (AvgIpc) is 2.58. The first-order chi connectivity index (χ1) is 10.6. The van der Waals surface area contributed by atoms with Crippen LogP contribution in [0.2, 0.25) is 0 Å². The third kappa shape index (κ3) is 2.93. The van der Waals surface area contributed by atoms with E-state index in [9.17, 15) is 10.2 Å². The Morgan fingerprint density at radius 3 is 2.23 bits per heavy atom. The molecule has 3 heteroatoms. The number of piperidine rings is 1. The van der Waals surface area contributed by atoms with Crippen molar-refractivity contribution in [3.63, 3.8) is 0 Å². The summed E-state index contributed by atoms with van der Waals surface area (Å²) >= 11 is 0. The normalized spacial score (nSPS) is 19.8. The molecule has 2 aromatic rings. The number of benzene rings is 2. The number of likely N-dealkylation sites (tertiary alicyclic amines) is 1. The van der Waals surface area contributed by atoms with Crippen molar-refractivity contribution in [3.8, 4) is 0 Å². The fourth-order valence-electron chi connectivity index (χ4n) is 3.23. The molecule has 0 radical (unpaired) electrons. The number of hydrogen-bond donors (Lipinski definition) is 2. The molecule has 0 unspecified atom stereocenters. The predicted octanol–water partition coefficient (Wildman–Crippen LogP) is 2.68. The van der Waals surface area contributed by atoms with E-state index in [1.807, 2.05) is 54.6 Å². The van der Waals surface area contributed by atoms with Crippen molar-refractivity contribution in [3.05, 3.63) is 71.3 Å². The second kappa shape index (κ2) is 6.21. The Labute approximate surface area is 131 Å². The molecule has 2 aromatic carbocycles. The van der Waals surface area contributed by atoms with Crippen LogP contribution in [0, 0.1) is 0 Å². The average molecular weight is 297 g/mol. The molecule has 1 aliphatic rings. The predicted molar refractivity (Wildman–Crippen MR) is 87.6 cm³/mol. The lowest BCUT2D eigenvalue weighted by Gasteiger charge is -2.38. The number of hydrogen-bond acceptors (Lipinski definition) is 3. The largest absolute Gasteiger partial charge is 0.385 e. The van der Waals surface area contributed by atoms with Gasteiger partial charge in [0.05, 0.1) is 5.60 Å². The second-order valence-corrected chi connectivity index (χ2v) is 6.24. The number of rotatable bonds is 3. The minimum Gasteiger partial charge on any atom is -0.385 e. The van der Waals surface area contributed by atoms with Gasteiger partial charge in [-0.05, 0) is 36.6 Å². The van der Waals surface area contributed by atoms with Crippen molar-refractivity contribution >= 4 is 0 Å². The van der Waals surface area contributed by atoms with Crippen LogP contribution in [0.25, 0.3) is 0 Å². The summed E-state index contributed by atoms with van der Waals surface area (Å²) in [5.74, 6) is 0. The van der Waals surface area contributed by atoms with Crippen molar-refractivity contribution in [2.75, 3.05) is 20.1 Å². The summed E-state index contributed by atoms with van der Waals surface area (Å²) in [6.07, 6.45) is 0.686. The van der Waals surface area contributed by atoms with Gasteiger partial charge in [0.25, 0.3) is 0 Å². The summed E-state index contributed by atoms with van der Waals surface area (Å²) in [5.41, 5.74) is 1.67. The zero-order chi connectivity index (χ0) is 15.6. The van der Waals surface area contributed by atoms with Crippen LogP contribution in [0.15, 0.2) is 54.6 Å². The Hall–Kier alpha value is -1.68. The van der Waals surface area contributed by atoms with E-state index in [1.165, 1.54) is 0 Å². The molecule has 3 rings (SSSR count). The van der Waals surface area contributed by atoms with E-state index in [-0.39, 0.29) is 0 Å². The molecule has 0 saturated carbocycles. The van der Waals surface area contributed by atoms with Gasteiger partial charge in [0.15, 0.2) is 0 Å². The zero-order valence-corrected chi connectivity index (χ0v) is 12.9. The smallest absolute Gasteiger partial charge is 0.104 e. The van der Waals surface area contributed by atoms with Crippen molar-refractivity contribution in [1.29, 1.82) is 0 Å². The summed E-state index contributed by atoms with van der Waals surface area (Å²) < 4.78 is 0. The minimum absolute atomic E-state index is 0.696. The third-order valence-electron chi connectivity index (χ3n) is 4.69. The molecule has 116 valence electrons. The Morgan fingerprint density at radius 2 is 1.55 bits per heavy atom. The Morgan fingerprint density at radius 1 is 0.955 bits per heavy atom. The highest BCUT2D eigenvalue weighted by Gasteiger charge is 2.35. The molecule has 0 aliphatic carbocycles. The van der Waals surface area contributed by atoms with Gasteiger partial charge in [0.1, 0.15) is 6.10 Å². The van der Waals surface area contributed by atoms with E-state index in [0.29, 0.717) is 12.8 Å². The monoisotopic (exact) mass is 297 g/mol. The van der Waals surface area contributed by atoms with Gasteiger partial charge in [-0.15, -0.1) is 0 Å². The van der Waals surface area contributed by atoms with Crippen LogP contribution in [0.5, 0.6) is 0 Å². The van der Waals surface area contributed by atoms with E-state index in [4.69, 9.17) is 0 Å². The van der Waals surface area contributed by atoms with Crippen LogP contribution in [0.4, 0.5) is 0 Å². The SMILES string of the molecule is CN1CCC(O)(c2ccccc2[C@H](O)c2ccccc2)CC1. The highest BCUT2D eigenvalue weighted by molar-refractivity contribution is 5.39. The van der Waals surface area contributed by atoms with Gasteiger partial charge in [-0.1, -0.05) is 54.6 Å². The van der Waals surface area contributed by atoms with Gasteiger partial charge in [0.2, 0.25) is 0 Å². The minimum atomic E-state index is -0.848. The van der Waals surface area contributed by atoms with Crippen LogP contribution < -0.4 is 0 Å². The maximum atomic E-state index is 11.1. The molecule has 1 fully saturated rings. The molecule has 22 heavy (non-hydrogen) atoms. The lowest BCUT2D eigenvalue weighted by atomic mass is 9.80.